The first-order valence-corrected chi connectivity index (χ1v) is 15.4. The van der Waals surface area contributed by atoms with Crippen molar-refractivity contribution in [2.24, 2.45) is 0 Å². The number of rotatable bonds is 4. The van der Waals surface area contributed by atoms with Crippen LogP contribution in [0, 0.1) is 0 Å². The van der Waals surface area contributed by atoms with Crippen LogP contribution in [-0.4, -0.2) is 10.6 Å². The summed E-state index contributed by atoms with van der Waals surface area (Å²) in [4.78, 5) is 2.52. The van der Waals surface area contributed by atoms with Crippen LogP contribution in [0.5, 0.6) is 0 Å². The molecule has 9 rings (SSSR count). The van der Waals surface area contributed by atoms with Gasteiger partial charge < -0.3 is 9.47 Å². The lowest BCUT2D eigenvalue weighted by molar-refractivity contribution is 0.725. The maximum atomic E-state index is 2.52. The maximum absolute atomic E-state index is 2.52. The highest BCUT2D eigenvalue weighted by Gasteiger charge is 2.43. The SMILES string of the molecule is C1=CC2C(c3ccccc3N2c2ccccc2)c2c1n(-c1ccc(-c3cccc(-c4ccccc4)c3)cc1)c1ccccc21. The van der Waals surface area contributed by atoms with Crippen LogP contribution in [0.1, 0.15) is 22.7 Å². The molecular weight excluding hydrogens is 532 g/mol. The van der Waals surface area contributed by atoms with Crippen molar-refractivity contribution in [1.29, 1.82) is 0 Å². The van der Waals surface area contributed by atoms with E-state index in [0.29, 0.717) is 0 Å². The zero-order chi connectivity index (χ0) is 29.0. The van der Waals surface area contributed by atoms with Crippen molar-refractivity contribution in [1.82, 2.24) is 4.57 Å². The third kappa shape index (κ3) is 3.81. The lowest BCUT2D eigenvalue weighted by Gasteiger charge is -2.31. The van der Waals surface area contributed by atoms with Gasteiger partial charge in [0.1, 0.15) is 0 Å². The molecule has 6 aromatic carbocycles. The molecule has 1 aliphatic carbocycles. The minimum atomic E-state index is 0.223. The van der Waals surface area contributed by atoms with Gasteiger partial charge in [-0.15, -0.1) is 0 Å². The van der Waals surface area contributed by atoms with Crippen LogP contribution in [0.3, 0.4) is 0 Å². The number of aromatic nitrogens is 1. The van der Waals surface area contributed by atoms with Crippen molar-refractivity contribution >= 4 is 28.4 Å². The molecule has 1 aromatic heterocycles. The van der Waals surface area contributed by atoms with Gasteiger partial charge in [-0.05, 0) is 81.9 Å². The van der Waals surface area contributed by atoms with Gasteiger partial charge in [-0.3, -0.25) is 0 Å². The van der Waals surface area contributed by atoms with Crippen LogP contribution in [-0.2, 0) is 0 Å². The summed E-state index contributed by atoms with van der Waals surface area (Å²) in [6.45, 7) is 0. The second kappa shape index (κ2) is 10.00. The smallest absolute Gasteiger partial charge is 0.0637 e. The fraction of sp³-hybridized carbons (Fsp3) is 0.0476. The average Bonchev–Trinajstić information content (AvgIpc) is 3.62. The lowest BCUT2D eigenvalue weighted by Crippen LogP contribution is -2.30. The molecular formula is C42H30N2. The van der Waals surface area contributed by atoms with Gasteiger partial charge in [-0.1, -0.05) is 121 Å². The number of hydrogen-bond donors (Lipinski definition) is 0. The molecule has 2 aliphatic rings. The molecule has 7 aromatic rings. The van der Waals surface area contributed by atoms with Crippen molar-refractivity contribution < 1.29 is 0 Å². The van der Waals surface area contributed by atoms with Crippen LogP contribution < -0.4 is 4.90 Å². The minimum Gasteiger partial charge on any atom is -0.333 e. The normalized spacial score (nSPS) is 16.5. The van der Waals surface area contributed by atoms with Gasteiger partial charge in [-0.25, -0.2) is 0 Å². The maximum Gasteiger partial charge on any atom is 0.0637 e. The van der Waals surface area contributed by atoms with E-state index in [-0.39, 0.29) is 12.0 Å². The Morgan fingerprint density at radius 2 is 1.11 bits per heavy atom. The molecule has 44 heavy (non-hydrogen) atoms. The largest absolute Gasteiger partial charge is 0.333 e. The third-order valence-electron chi connectivity index (χ3n) is 9.35. The molecule has 208 valence electrons. The number of benzene rings is 6. The van der Waals surface area contributed by atoms with E-state index in [9.17, 15) is 0 Å². The van der Waals surface area contributed by atoms with Crippen molar-refractivity contribution in [3.05, 3.63) is 181 Å². The second-order valence-corrected chi connectivity index (χ2v) is 11.7. The van der Waals surface area contributed by atoms with Crippen LogP contribution in [0.4, 0.5) is 11.4 Å². The number of hydrogen-bond acceptors (Lipinski definition) is 1. The molecule has 2 unspecified atom stereocenters. The minimum absolute atomic E-state index is 0.223. The summed E-state index contributed by atoms with van der Waals surface area (Å²) in [5, 5.41) is 1.33. The quantitative estimate of drug-likeness (QED) is 0.207. The van der Waals surface area contributed by atoms with E-state index in [1.54, 1.807) is 0 Å². The highest BCUT2D eigenvalue weighted by molar-refractivity contribution is 5.94. The Labute approximate surface area is 257 Å². The van der Waals surface area contributed by atoms with E-state index < -0.39 is 0 Å². The highest BCUT2D eigenvalue weighted by Crippen LogP contribution is 2.53. The Morgan fingerprint density at radius 3 is 1.91 bits per heavy atom. The van der Waals surface area contributed by atoms with Crippen LogP contribution >= 0.6 is 0 Å². The fourth-order valence-electron chi connectivity index (χ4n) is 7.44. The molecule has 0 bridgehead atoms. The first-order chi connectivity index (χ1) is 21.8. The zero-order valence-electron chi connectivity index (χ0n) is 24.2. The molecule has 0 spiro atoms. The number of anilines is 2. The molecule has 2 nitrogen and oxygen atoms in total. The predicted octanol–water partition coefficient (Wildman–Crippen LogP) is 10.6. The average molecular weight is 563 g/mol. The lowest BCUT2D eigenvalue weighted by atomic mass is 9.82. The number of fused-ring (bicyclic) bond motifs is 7. The molecule has 0 fully saturated rings. The van der Waals surface area contributed by atoms with Gasteiger partial charge in [0.2, 0.25) is 0 Å². The van der Waals surface area contributed by atoms with Gasteiger partial charge in [0, 0.05) is 28.4 Å². The van der Waals surface area contributed by atoms with Gasteiger partial charge in [-0.2, -0.15) is 0 Å². The van der Waals surface area contributed by atoms with Crippen molar-refractivity contribution in [3.8, 4) is 27.9 Å². The Hall–Kier alpha value is -5.60. The fourth-order valence-corrected chi connectivity index (χ4v) is 7.44. The summed E-state index contributed by atoms with van der Waals surface area (Å²) in [7, 11) is 0. The van der Waals surface area contributed by atoms with Gasteiger partial charge in [0.05, 0.1) is 17.3 Å². The molecule has 1 aliphatic heterocycles. The van der Waals surface area contributed by atoms with E-state index in [2.05, 4.69) is 179 Å². The Balaban J connectivity index is 1.16. The van der Waals surface area contributed by atoms with E-state index in [1.807, 2.05) is 0 Å². The van der Waals surface area contributed by atoms with E-state index in [4.69, 9.17) is 0 Å². The number of para-hydroxylation sites is 3. The summed E-state index contributed by atoms with van der Waals surface area (Å²) >= 11 is 0. The Bertz CT molecular complexity index is 2170. The molecule has 0 amide bonds. The topological polar surface area (TPSA) is 8.17 Å². The molecule has 2 atom stereocenters. The molecule has 2 heterocycles. The summed E-state index contributed by atoms with van der Waals surface area (Å²) in [6.07, 6.45) is 4.77. The summed E-state index contributed by atoms with van der Waals surface area (Å²) < 4.78 is 2.45. The summed E-state index contributed by atoms with van der Waals surface area (Å²) in [5.41, 5.74) is 14.0. The Morgan fingerprint density at radius 1 is 0.477 bits per heavy atom. The third-order valence-corrected chi connectivity index (χ3v) is 9.35. The van der Waals surface area contributed by atoms with Gasteiger partial charge in [0.15, 0.2) is 0 Å². The van der Waals surface area contributed by atoms with Crippen LogP contribution in [0.2, 0.25) is 0 Å². The van der Waals surface area contributed by atoms with E-state index >= 15 is 0 Å². The first kappa shape index (κ1) is 24.9. The second-order valence-electron chi connectivity index (χ2n) is 11.7. The van der Waals surface area contributed by atoms with Crippen molar-refractivity contribution in [2.45, 2.75) is 12.0 Å². The van der Waals surface area contributed by atoms with E-state index in [1.165, 1.54) is 67.0 Å². The van der Waals surface area contributed by atoms with Crippen molar-refractivity contribution in [3.63, 3.8) is 0 Å². The standard InChI is InChI=1S/C42H30N2/c1-3-12-29(13-4-1)31-14-11-15-32(28-31)30-22-24-34(25-23-30)44-38-21-10-8-19-36(38)42-40(44)27-26-39-41(42)35-18-7-9-20-37(35)43(39)33-16-5-2-6-17-33/h1-28,39,41H. The first-order valence-electron chi connectivity index (χ1n) is 15.4. The monoisotopic (exact) mass is 562 g/mol. The number of nitrogens with zero attached hydrogens (tertiary/aromatic N) is 2. The highest BCUT2D eigenvalue weighted by atomic mass is 15.2. The summed E-state index contributed by atoms with van der Waals surface area (Å²) in [5.74, 6) is 0.248. The Kier molecular flexibility index (Phi) is 5.67. The molecule has 0 saturated heterocycles. The predicted molar refractivity (Wildman–Crippen MR) is 184 cm³/mol. The van der Waals surface area contributed by atoms with Gasteiger partial charge in [0.25, 0.3) is 0 Å². The molecule has 2 heteroatoms. The van der Waals surface area contributed by atoms with E-state index in [0.717, 1.165) is 0 Å². The van der Waals surface area contributed by atoms with Crippen LogP contribution in [0.15, 0.2) is 164 Å². The molecule has 0 radical (unpaired) electrons. The van der Waals surface area contributed by atoms with Crippen molar-refractivity contribution in [2.75, 3.05) is 4.90 Å². The van der Waals surface area contributed by atoms with Gasteiger partial charge >= 0.3 is 0 Å². The van der Waals surface area contributed by atoms with Crippen LogP contribution in [0.25, 0.3) is 44.9 Å². The molecule has 0 saturated carbocycles. The molecule has 0 N–H and O–H groups in total. The summed E-state index contributed by atoms with van der Waals surface area (Å²) in [6, 6.07) is 57.4. The zero-order valence-corrected chi connectivity index (χ0v) is 24.2.